The van der Waals surface area contributed by atoms with Crippen molar-refractivity contribution in [2.24, 2.45) is 0 Å². The Bertz CT molecular complexity index is 491. The van der Waals surface area contributed by atoms with Gasteiger partial charge in [0, 0.05) is 7.05 Å². The lowest BCUT2D eigenvalue weighted by Crippen LogP contribution is -2.34. The summed E-state index contributed by atoms with van der Waals surface area (Å²) < 4.78 is 9.97. The molecule has 0 aliphatic carbocycles. The van der Waals surface area contributed by atoms with Crippen molar-refractivity contribution in [3.05, 3.63) is 29.8 Å². The number of carbonyl (C=O) groups excluding carboxylic acids is 2. The van der Waals surface area contributed by atoms with E-state index in [-0.39, 0.29) is 12.4 Å². The van der Waals surface area contributed by atoms with Crippen LogP contribution in [-0.4, -0.2) is 31.8 Å². The minimum atomic E-state index is -0.567. The number of nitrogens with zero attached hydrogens (tertiary/aromatic N) is 1. The highest BCUT2D eigenvalue weighted by molar-refractivity contribution is 5.89. The fraction of sp³-hybridized carbons (Fsp3) is 0.467. The number of methoxy groups -OCH3 is 1. The average Bonchev–Trinajstić information content (AvgIpc) is 2.36. The molecule has 0 saturated heterocycles. The number of amides is 1. The standard InChI is InChI=1S/C15H21NO4/c1-15(2,3)20-14(18)16(4)12-9-7-6-8-11(12)10-13(17)19-5/h6-9H,10H2,1-5H3. The Balaban J connectivity index is 2.95. The van der Waals surface area contributed by atoms with Crippen molar-refractivity contribution < 1.29 is 19.1 Å². The summed E-state index contributed by atoms with van der Waals surface area (Å²) in [4.78, 5) is 24.8. The summed E-state index contributed by atoms with van der Waals surface area (Å²) in [6, 6.07) is 7.16. The Kier molecular flexibility index (Phi) is 5.13. The van der Waals surface area contributed by atoms with Gasteiger partial charge < -0.3 is 9.47 Å². The number of hydrogen-bond acceptors (Lipinski definition) is 4. The zero-order chi connectivity index (χ0) is 15.3. The van der Waals surface area contributed by atoms with Gasteiger partial charge >= 0.3 is 12.1 Å². The lowest BCUT2D eigenvalue weighted by Gasteiger charge is -2.25. The molecule has 0 saturated carbocycles. The molecule has 0 atom stereocenters. The van der Waals surface area contributed by atoms with Gasteiger partial charge in [-0.3, -0.25) is 9.69 Å². The second-order valence-corrected chi connectivity index (χ2v) is 5.42. The maximum absolute atomic E-state index is 12.1. The third-order valence-corrected chi connectivity index (χ3v) is 2.58. The normalized spacial score (nSPS) is 10.8. The molecule has 1 rings (SSSR count). The molecule has 0 aliphatic heterocycles. The van der Waals surface area contributed by atoms with Crippen molar-refractivity contribution in [1.29, 1.82) is 0 Å². The number of esters is 1. The van der Waals surface area contributed by atoms with Gasteiger partial charge in [0.25, 0.3) is 0 Å². The molecule has 0 heterocycles. The summed E-state index contributed by atoms with van der Waals surface area (Å²) >= 11 is 0. The number of carbonyl (C=O) groups is 2. The molecule has 0 spiro atoms. The van der Waals surface area contributed by atoms with E-state index in [2.05, 4.69) is 4.74 Å². The predicted molar refractivity (Wildman–Crippen MR) is 76.8 cm³/mol. The molecule has 5 heteroatoms. The topological polar surface area (TPSA) is 55.8 Å². The highest BCUT2D eigenvalue weighted by atomic mass is 16.6. The van der Waals surface area contributed by atoms with Crippen molar-refractivity contribution in [2.45, 2.75) is 32.8 Å². The Morgan fingerprint density at radius 1 is 1.20 bits per heavy atom. The Morgan fingerprint density at radius 2 is 1.80 bits per heavy atom. The molecule has 0 radical (unpaired) electrons. The van der Waals surface area contributed by atoms with Crippen LogP contribution in [0.4, 0.5) is 10.5 Å². The molecule has 1 aromatic carbocycles. The first-order valence-corrected chi connectivity index (χ1v) is 6.36. The molecule has 0 bridgehead atoms. The maximum atomic E-state index is 12.1. The van der Waals surface area contributed by atoms with Crippen LogP contribution >= 0.6 is 0 Å². The largest absolute Gasteiger partial charge is 0.469 e. The number of ether oxygens (including phenoxy) is 2. The molecule has 1 amide bonds. The van der Waals surface area contributed by atoms with Crippen molar-refractivity contribution in [3.8, 4) is 0 Å². The number of anilines is 1. The molecule has 0 aliphatic rings. The average molecular weight is 279 g/mol. The zero-order valence-corrected chi connectivity index (χ0v) is 12.6. The molecular formula is C15H21NO4. The zero-order valence-electron chi connectivity index (χ0n) is 12.6. The molecule has 0 aromatic heterocycles. The Labute approximate surface area is 119 Å². The number of benzene rings is 1. The lowest BCUT2D eigenvalue weighted by atomic mass is 10.1. The minimum Gasteiger partial charge on any atom is -0.469 e. The van der Waals surface area contributed by atoms with Gasteiger partial charge in [-0.25, -0.2) is 4.79 Å². The van der Waals surface area contributed by atoms with E-state index < -0.39 is 11.7 Å². The number of hydrogen-bond donors (Lipinski definition) is 0. The third kappa shape index (κ3) is 4.57. The maximum Gasteiger partial charge on any atom is 0.414 e. The van der Waals surface area contributed by atoms with Crippen molar-refractivity contribution in [3.63, 3.8) is 0 Å². The lowest BCUT2D eigenvalue weighted by molar-refractivity contribution is -0.139. The summed E-state index contributed by atoms with van der Waals surface area (Å²) in [5, 5.41) is 0. The van der Waals surface area contributed by atoms with Crippen molar-refractivity contribution >= 4 is 17.7 Å². The third-order valence-electron chi connectivity index (χ3n) is 2.58. The van der Waals surface area contributed by atoms with Crippen LogP contribution in [0.2, 0.25) is 0 Å². The molecule has 1 aromatic rings. The SMILES string of the molecule is COC(=O)Cc1ccccc1N(C)C(=O)OC(C)(C)C. The van der Waals surface area contributed by atoms with Crippen LogP contribution < -0.4 is 4.90 Å². The van der Waals surface area contributed by atoms with Crippen molar-refractivity contribution in [2.75, 3.05) is 19.1 Å². The molecular weight excluding hydrogens is 258 g/mol. The number of para-hydroxylation sites is 1. The fourth-order valence-corrected chi connectivity index (χ4v) is 1.64. The van der Waals surface area contributed by atoms with Gasteiger partial charge in [0.2, 0.25) is 0 Å². The van der Waals surface area contributed by atoms with E-state index in [4.69, 9.17) is 4.74 Å². The van der Waals surface area contributed by atoms with Crippen LogP contribution in [0, 0.1) is 0 Å². The summed E-state index contributed by atoms with van der Waals surface area (Å²) in [6.07, 6.45) is -0.352. The van der Waals surface area contributed by atoms with Crippen LogP contribution in [0.5, 0.6) is 0 Å². The first-order valence-electron chi connectivity index (χ1n) is 6.36. The molecule has 110 valence electrons. The second kappa shape index (κ2) is 6.41. The van der Waals surface area contributed by atoms with Gasteiger partial charge in [0.05, 0.1) is 19.2 Å². The highest BCUT2D eigenvalue weighted by Gasteiger charge is 2.22. The summed E-state index contributed by atoms with van der Waals surface area (Å²) in [6.45, 7) is 5.41. The van der Waals surface area contributed by atoms with E-state index in [9.17, 15) is 9.59 Å². The van der Waals surface area contributed by atoms with E-state index in [1.807, 2.05) is 6.07 Å². The Hall–Kier alpha value is -2.04. The van der Waals surface area contributed by atoms with Crippen LogP contribution in [0.1, 0.15) is 26.3 Å². The molecule has 0 unspecified atom stereocenters. The van der Waals surface area contributed by atoms with Gasteiger partial charge in [0.15, 0.2) is 0 Å². The van der Waals surface area contributed by atoms with E-state index in [0.29, 0.717) is 11.3 Å². The summed E-state index contributed by atoms with van der Waals surface area (Å²) in [5.74, 6) is -0.352. The number of rotatable bonds is 3. The predicted octanol–water partition coefficient (Wildman–Crippen LogP) is 2.77. The fourth-order valence-electron chi connectivity index (χ4n) is 1.64. The smallest absolute Gasteiger partial charge is 0.414 e. The molecule has 0 N–H and O–H groups in total. The Morgan fingerprint density at radius 3 is 2.35 bits per heavy atom. The van der Waals surface area contributed by atoms with Crippen LogP contribution in [0.25, 0.3) is 0 Å². The van der Waals surface area contributed by atoms with E-state index >= 15 is 0 Å². The molecule has 20 heavy (non-hydrogen) atoms. The van der Waals surface area contributed by atoms with Gasteiger partial charge in [0.1, 0.15) is 5.60 Å². The second-order valence-electron chi connectivity index (χ2n) is 5.42. The summed E-state index contributed by atoms with van der Waals surface area (Å²) in [7, 11) is 2.95. The molecule has 5 nitrogen and oxygen atoms in total. The van der Waals surface area contributed by atoms with Gasteiger partial charge in [-0.1, -0.05) is 18.2 Å². The van der Waals surface area contributed by atoms with Crippen molar-refractivity contribution in [1.82, 2.24) is 0 Å². The quantitative estimate of drug-likeness (QED) is 0.798. The van der Waals surface area contributed by atoms with Crippen LogP contribution in [0.3, 0.4) is 0 Å². The van der Waals surface area contributed by atoms with E-state index in [1.165, 1.54) is 12.0 Å². The van der Waals surface area contributed by atoms with Crippen LogP contribution in [-0.2, 0) is 20.7 Å². The van der Waals surface area contributed by atoms with Gasteiger partial charge in [-0.2, -0.15) is 0 Å². The monoisotopic (exact) mass is 279 g/mol. The van der Waals surface area contributed by atoms with Crippen LogP contribution in [0.15, 0.2) is 24.3 Å². The molecule has 0 fully saturated rings. The van der Waals surface area contributed by atoms with Gasteiger partial charge in [-0.05, 0) is 32.4 Å². The first-order chi connectivity index (χ1) is 9.24. The van der Waals surface area contributed by atoms with E-state index in [0.717, 1.165) is 0 Å². The highest BCUT2D eigenvalue weighted by Crippen LogP contribution is 2.22. The van der Waals surface area contributed by atoms with E-state index in [1.54, 1.807) is 46.0 Å². The van der Waals surface area contributed by atoms with Gasteiger partial charge in [-0.15, -0.1) is 0 Å². The summed E-state index contributed by atoms with van der Waals surface area (Å²) in [5.41, 5.74) is 0.780. The first kappa shape index (κ1) is 16.0. The minimum absolute atomic E-state index is 0.111.